The second-order valence-electron chi connectivity index (χ2n) is 9.11. The van der Waals surface area contributed by atoms with Gasteiger partial charge in [-0.15, -0.1) is 11.3 Å². The fourth-order valence-corrected chi connectivity index (χ4v) is 5.57. The minimum atomic E-state index is -0.112. The molecule has 0 aliphatic carbocycles. The van der Waals surface area contributed by atoms with Gasteiger partial charge in [0.25, 0.3) is 0 Å². The van der Waals surface area contributed by atoms with E-state index in [4.69, 9.17) is 4.65 Å². The van der Waals surface area contributed by atoms with Gasteiger partial charge in [-0.2, -0.15) is 0 Å². The van der Waals surface area contributed by atoms with E-state index in [0.717, 1.165) is 6.32 Å². The highest BCUT2D eigenvalue weighted by Crippen LogP contribution is 2.45. The lowest BCUT2D eigenvalue weighted by Crippen LogP contribution is -2.36. The van der Waals surface area contributed by atoms with Gasteiger partial charge in [0, 0.05) is 20.2 Å². The van der Waals surface area contributed by atoms with Crippen LogP contribution < -0.4 is 5.46 Å². The molecule has 4 aromatic rings. The normalized spacial score (nSPS) is 18.2. The van der Waals surface area contributed by atoms with Gasteiger partial charge in [0.1, 0.15) is 0 Å². The molecule has 0 spiro atoms. The first-order chi connectivity index (χ1) is 13.4. The molecule has 1 saturated heterocycles. The second-order valence-corrected chi connectivity index (χ2v) is 10.2. The van der Waals surface area contributed by atoms with E-state index in [2.05, 4.69) is 94.4 Å². The van der Waals surface area contributed by atoms with Gasteiger partial charge in [-0.1, -0.05) is 74.5 Å². The molecule has 1 fully saturated rings. The summed E-state index contributed by atoms with van der Waals surface area (Å²) >= 11 is 1.89. The number of hydrogen-bond donors (Lipinski definition) is 0. The van der Waals surface area contributed by atoms with Crippen molar-refractivity contribution in [3.05, 3.63) is 66.7 Å². The van der Waals surface area contributed by atoms with Crippen LogP contribution >= 0.6 is 11.3 Å². The van der Waals surface area contributed by atoms with Crippen LogP contribution in [0.5, 0.6) is 0 Å². The van der Waals surface area contributed by atoms with Crippen LogP contribution in [0.2, 0.25) is 6.32 Å². The van der Waals surface area contributed by atoms with Crippen molar-refractivity contribution in [3.63, 3.8) is 0 Å². The monoisotopic (exact) mass is 384 g/mol. The first-order valence-electron chi connectivity index (χ1n) is 10.0. The molecule has 3 aromatic carbocycles. The largest absolute Gasteiger partial charge is 0.426 e. The van der Waals surface area contributed by atoms with Crippen LogP contribution in [0.1, 0.15) is 27.7 Å². The first-order valence-corrected chi connectivity index (χ1v) is 10.9. The maximum Gasteiger partial charge on any atom is 0.327 e. The molecule has 1 nitrogen and oxygen atoms in total. The van der Waals surface area contributed by atoms with E-state index >= 15 is 0 Å². The first kappa shape index (κ1) is 18.0. The molecule has 1 aromatic heterocycles. The summed E-state index contributed by atoms with van der Waals surface area (Å²) in [4.78, 5) is 0. The highest BCUT2D eigenvalue weighted by molar-refractivity contribution is 7.26. The molecule has 2 heterocycles. The van der Waals surface area contributed by atoms with Crippen molar-refractivity contribution >= 4 is 43.9 Å². The number of rotatable bonds is 2. The predicted octanol–water partition coefficient (Wildman–Crippen LogP) is 6.76. The van der Waals surface area contributed by atoms with E-state index in [-0.39, 0.29) is 17.9 Å². The van der Waals surface area contributed by atoms with E-state index in [1.165, 1.54) is 36.8 Å². The van der Waals surface area contributed by atoms with Gasteiger partial charge in [0.05, 0.1) is 5.60 Å². The maximum atomic E-state index is 6.48. The van der Waals surface area contributed by atoms with Gasteiger partial charge in [-0.05, 0) is 48.2 Å². The Kier molecular flexibility index (Phi) is 3.98. The summed E-state index contributed by atoms with van der Waals surface area (Å²) in [6, 6.07) is 24.3. The van der Waals surface area contributed by atoms with Gasteiger partial charge < -0.3 is 4.65 Å². The molecule has 0 atom stereocenters. The standard InChI is InChI=1S/C25H25BOS/c1-24(2)16-26(27-25(24,3)4)18-10-7-9-17(15-18)19-12-8-13-21-20-11-5-6-14-22(20)28-23(19)21/h5-15H,16H2,1-4H3. The van der Waals surface area contributed by atoms with Crippen LogP contribution in [0.25, 0.3) is 31.3 Å². The van der Waals surface area contributed by atoms with Crippen molar-refractivity contribution in [3.8, 4) is 11.1 Å². The number of benzene rings is 3. The lowest BCUT2D eigenvalue weighted by atomic mass is 9.54. The zero-order valence-electron chi connectivity index (χ0n) is 17.0. The van der Waals surface area contributed by atoms with Crippen molar-refractivity contribution in [1.29, 1.82) is 0 Å². The molecular weight excluding hydrogens is 359 g/mol. The Morgan fingerprint density at radius 2 is 1.61 bits per heavy atom. The smallest absolute Gasteiger partial charge is 0.327 e. The van der Waals surface area contributed by atoms with Gasteiger partial charge in [0.15, 0.2) is 0 Å². The van der Waals surface area contributed by atoms with Crippen LogP contribution in [0.3, 0.4) is 0 Å². The van der Waals surface area contributed by atoms with Crippen LogP contribution in [0.4, 0.5) is 0 Å². The molecular formula is C25H25BOS. The number of thiophene rings is 1. The van der Waals surface area contributed by atoms with Gasteiger partial charge in [-0.3, -0.25) is 0 Å². The fourth-order valence-electron chi connectivity index (χ4n) is 4.33. The number of hydrogen-bond acceptors (Lipinski definition) is 2. The molecule has 28 heavy (non-hydrogen) atoms. The molecule has 0 N–H and O–H groups in total. The van der Waals surface area contributed by atoms with E-state index in [1.54, 1.807) is 0 Å². The average molecular weight is 384 g/mol. The number of fused-ring (bicyclic) bond motifs is 3. The summed E-state index contributed by atoms with van der Waals surface area (Å²) in [5.41, 5.74) is 3.94. The van der Waals surface area contributed by atoms with Crippen LogP contribution in [-0.4, -0.2) is 12.5 Å². The van der Waals surface area contributed by atoms with E-state index < -0.39 is 0 Å². The Morgan fingerprint density at radius 3 is 2.39 bits per heavy atom. The lowest BCUT2D eigenvalue weighted by molar-refractivity contribution is 0.0375. The zero-order chi connectivity index (χ0) is 19.5. The van der Waals surface area contributed by atoms with Crippen LogP contribution in [0, 0.1) is 5.41 Å². The summed E-state index contributed by atoms with van der Waals surface area (Å²) in [5, 5.41) is 2.70. The summed E-state index contributed by atoms with van der Waals surface area (Å²) < 4.78 is 9.20. The molecule has 5 rings (SSSR count). The third-order valence-electron chi connectivity index (χ3n) is 6.74. The van der Waals surface area contributed by atoms with Gasteiger partial charge >= 0.3 is 6.92 Å². The summed E-state index contributed by atoms with van der Waals surface area (Å²) in [7, 11) is 0. The van der Waals surface area contributed by atoms with Crippen LogP contribution in [-0.2, 0) is 4.65 Å². The topological polar surface area (TPSA) is 9.23 Å². The molecule has 3 heteroatoms. The zero-order valence-corrected chi connectivity index (χ0v) is 17.8. The summed E-state index contributed by atoms with van der Waals surface area (Å²) in [5.74, 6) is 0. The molecule has 0 amide bonds. The Morgan fingerprint density at radius 1 is 0.857 bits per heavy atom. The van der Waals surface area contributed by atoms with Crippen molar-refractivity contribution in [2.45, 2.75) is 39.6 Å². The van der Waals surface area contributed by atoms with Crippen molar-refractivity contribution < 1.29 is 4.65 Å². The second kappa shape index (κ2) is 6.20. The minimum absolute atomic E-state index is 0.112. The highest BCUT2D eigenvalue weighted by atomic mass is 32.1. The van der Waals surface area contributed by atoms with E-state index in [9.17, 15) is 0 Å². The third kappa shape index (κ3) is 2.72. The molecule has 0 bridgehead atoms. The fraction of sp³-hybridized carbons (Fsp3) is 0.280. The Balaban J connectivity index is 1.61. The Labute approximate surface area is 171 Å². The Hall–Kier alpha value is -2.10. The summed E-state index contributed by atoms with van der Waals surface area (Å²) in [6.45, 7) is 9.22. The van der Waals surface area contributed by atoms with Crippen molar-refractivity contribution in [1.82, 2.24) is 0 Å². The molecule has 0 radical (unpaired) electrons. The third-order valence-corrected chi connectivity index (χ3v) is 7.96. The van der Waals surface area contributed by atoms with E-state index in [0.29, 0.717) is 0 Å². The quantitative estimate of drug-likeness (QED) is 0.347. The van der Waals surface area contributed by atoms with Crippen LogP contribution in [0.15, 0.2) is 66.7 Å². The van der Waals surface area contributed by atoms with Gasteiger partial charge in [-0.25, -0.2) is 0 Å². The molecule has 0 unspecified atom stereocenters. The van der Waals surface area contributed by atoms with Crippen molar-refractivity contribution in [2.24, 2.45) is 5.41 Å². The predicted molar refractivity (Wildman–Crippen MR) is 124 cm³/mol. The molecule has 1 aliphatic heterocycles. The Bertz CT molecular complexity index is 1170. The molecule has 1 aliphatic rings. The molecule has 140 valence electrons. The highest BCUT2D eigenvalue weighted by Gasteiger charge is 2.49. The SMILES string of the molecule is CC1(C)CB(c2cccc(-c3cccc4c3sc3ccccc34)c2)OC1(C)C. The van der Waals surface area contributed by atoms with Crippen molar-refractivity contribution in [2.75, 3.05) is 0 Å². The van der Waals surface area contributed by atoms with Gasteiger partial charge in [0.2, 0.25) is 0 Å². The average Bonchev–Trinajstić information content (AvgIpc) is 3.15. The summed E-state index contributed by atoms with van der Waals surface area (Å²) in [6.07, 6.45) is 1.05. The maximum absolute atomic E-state index is 6.48. The van der Waals surface area contributed by atoms with E-state index in [1.807, 2.05) is 11.3 Å². The minimum Gasteiger partial charge on any atom is -0.426 e. The lowest BCUT2D eigenvalue weighted by Gasteiger charge is -2.34. The molecule has 0 saturated carbocycles.